The lowest BCUT2D eigenvalue weighted by Gasteiger charge is -2.09. The average molecular weight is 317 g/mol. The molecule has 0 fully saturated rings. The number of amides is 1. The van der Waals surface area contributed by atoms with Crippen molar-refractivity contribution < 1.29 is 18.0 Å². The Morgan fingerprint density at radius 3 is 2.48 bits per heavy atom. The van der Waals surface area contributed by atoms with Crippen molar-refractivity contribution in [3.05, 3.63) is 66.0 Å². The molecular formula is C16H10F3N3O. The highest BCUT2D eigenvalue weighted by molar-refractivity contribution is 6.03. The highest BCUT2D eigenvalue weighted by Gasteiger charge is 2.30. The summed E-state index contributed by atoms with van der Waals surface area (Å²) in [6, 6.07) is 11.4. The van der Waals surface area contributed by atoms with Crippen LogP contribution in [0.5, 0.6) is 0 Å². The van der Waals surface area contributed by atoms with Gasteiger partial charge in [0.05, 0.1) is 22.8 Å². The largest absolute Gasteiger partial charge is 0.416 e. The Bertz CT molecular complexity index is 878. The van der Waals surface area contributed by atoms with E-state index < -0.39 is 17.6 Å². The summed E-state index contributed by atoms with van der Waals surface area (Å²) in [5.74, 6) is -0.623. The number of alkyl halides is 3. The van der Waals surface area contributed by atoms with Crippen molar-refractivity contribution in [2.75, 3.05) is 5.32 Å². The van der Waals surface area contributed by atoms with Crippen LogP contribution in [0.3, 0.4) is 0 Å². The van der Waals surface area contributed by atoms with Gasteiger partial charge in [-0.15, -0.1) is 0 Å². The van der Waals surface area contributed by atoms with Crippen LogP contribution in [0.1, 0.15) is 16.1 Å². The smallest absolute Gasteiger partial charge is 0.321 e. The third kappa shape index (κ3) is 3.28. The number of nitrogens with zero attached hydrogens (tertiary/aromatic N) is 2. The number of halogens is 3. The molecule has 7 heteroatoms. The second-order valence-corrected chi connectivity index (χ2v) is 4.78. The number of benzene rings is 2. The van der Waals surface area contributed by atoms with E-state index in [0.29, 0.717) is 11.0 Å². The Balaban J connectivity index is 1.86. The molecule has 0 bridgehead atoms. The number of carbonyl (C=O) groups is 1. The first kappa shape index (κ1) is 15.0. The van der Waals surface area contributed by atoms with E-state index in [4.69, 9.17) is 0 Å². The van der Waals surface area contributed by atoms with Crippen molar-refractivity contribution in [3.8, 4) is 0 Å². The molecule has 0 aliphatic carbocycles. The summed E-state index contributed by atoms with van der Waals surface area (Å²) in [6.07, 6.45) is -3.19. The molecule has 23 heavy (non-hydrogen) atoms. The van der Waals surface area contributed by atoms with Crippen LogP contribution in [0.4, 0.5) is 18.9 Å². The Kier molecular flexibility index (Phi) is 3.69. The maximum absolute atomic E-state index is 12.7. The van der Waals surface area contributed by atoms with E-state index in [1.165, 1.54) is 18.3 Å². The first-order chi connectivity index (χ1) is 10.9. The molecule has 0 saturated heterocycles. The highest BCUT2D eigenvalue weighted by Crippen LogP contribution is 2.30. The summed E-state index contributed by atoms with van der Waals surface area (Å²) in [5, 5.41) is 2.39. The zero-order valence-electron chi connectivity index (χ0n) is 11.6. The van der Waals surface area contributed by atoms with E-state index in [1.807, 2.05) is 0 Å². The minimum Gasteiger partial charge on any atom is -0.321 e. The number of rotatable bonds is 2. The molecule has 2 aromatic carbocycles. The molecule has 1 amide bonds. The molecule has 1 N–H and O–H groups in total. The third-order valence-electron chi connectivity index (χ3n) is 3.13. The van der Waals surface area contributed by atoms with Crippen LogP contribution in [-0.2, 0) is 6.18 Å². The van der Waals surface area contributed by atoms with Gasteiger partial charge in [-0.2, -0.15) is 13.2 Å². The first-order valence-corrected chi connectivity index (χ1v) is 6.64. The van der Waals surface area contributed by atoms with Gasteiger partial charge in [0.2, 0.25) is 0 Å². The number of nitrogens with one attached hydrogen (secondary N) is 1. The molecule has 0 aliphatic rings. The zero-order chi connectivity index (χ0) is 16.4. The van der Waals surface area contributed by atoms with Crippen molar-refractivity contribution in [3.63, 3.8) is 0 Å². The number of anilines is 1. The fourth-order valence-electron chi connectivity index (χ4n) is 2.04. The van der Waals surface area contributed by atoms with Crippen LogP contribution >= 0.6 is 0 Å². The summed E-state index contributed by atoms with van der Waals surface area (Å²) in [4.78, 5) is 20.4. The maximum atomic E-state index is 12.7. The van der Waals surface area contributed by atoms with Crippen molar-refractivity contribution in [2.24, 2.45) is 0 Å². The lowest BCUT2D eigenvalue weighted by molar-refractivity contribution is -0.137. The summed E-state index contributed by atoms with van der Waals surface area (Å²) in [5.41, 5.74) is 0.396. The Labute approximate surface area is 129 Å². The van der Waals surface area contributed by atoms with Gasteiger partial charge in [-0.1, -0.05) is 18.2 Å². The molecular weight excluding hydrogens is 307 g/mol. The number of aromatic nitrogens is 2. The van der Waals surface area contributed by atoms with E-state index in [1.54, 1.807) is 24.3 Å². The molecule has 0 saturated carbocycles. The van der Waals surface area contributed by atoms with E-state index >= 15 is 0 Å². The summed E-state index contributed by atoms with van der Waals surface area (Å²) in [6.45, 7) is 0. The second kappa shape index (κ2) is 5.68. The van der Waals surface area contributed by atoms with Gasteiger partial charge in [0, 0.05) is 5.69 Å². The van der Waals surface area contributed by atoms with Gasteiger partial charge < -0.3 is 5.32 Å². The molecule has 0 unspecified atom stereocenters. The number of hydrogen-bond acceptors (Lipinski definition) is 3. The van der Waals surface area contributed by atoms with Gasteiger partial charge >= 0.3 is 6.18 Å². The quantitative estimate of drug-likeness (QED) is 0.780. The van der Waals surface area contributed by atoms with Gasteiger partial charge in [0.1, 0.15) is 5.69 Å². The molecule has 0 atom stereocenters. The SMILES string of the molecule is O=C(Nc1cccc(C(F)(F)F)c1)c1cnc2ccccc2n1. The minimum absolute atomic E-state index is 0.0288. The van der Waals surface area contributed by atoms with E-state index in [-0.39, 0.29) is 11.4 Å². The molecule has 1 heterocycles. The van der Waals surface area contributed by atoms with Crippen molar-refractivity contribution in [1.29, 1.82) is 0 Å². The normalized spacial score (nSPS) is 11.4. The second-order valence-electron chi connectivity index (χ2n) is 4.78. The first-order valence-electron chi connectivity index (χ1n) is 6.64. The van der Waals surface area contributed by atoms with Crippen LogP contribution in [0.25, 0.3) is 11.0 Å². The van der Waals surface area contributed by atoms with Gasteiger partial charge in [0.25, 0.3) is 5.91 Å². The van der Waals surface area contributed by atoms with Gasteiger partial charge in [0.15, 0.2) is 0 Å². The topological polar surface area (TPSA) is 54.9 Å². The Hall–Kier alpha value is -2.96. The van der Waals surface area contributed by atoms with Gasteiger partial charge in [-0.3, -0.25) is 9.78 Å². The number of para-hydroxylation sites is 2. The van der Waals surface area contributed by atoms with Gasteiger partial charge in [-0.05, 0) is 30.3 Å². The van der Waals surface area contributed by atoms with E-state index in [9.17, 15) is 18.0 Å². The molecule has 3 rings (SSSR count). The molecule has 116 valence electrons. The molecule has 0 aliphatic heterocycles. The minimum atomic E-state index is -4.47. The van der Waals surface area contributed by atoms with Crippen molar-refractivity contribution >= 4 is 22.6 Å². The van der Waals surface area contributed by atoms with E-state index in [0.717, 1.165) is 12.1 Å². The number of fused-ring (bicyclic) bond motifs is 1. The van der Waals surface area contributed by atoms with Crippen molar-refractivity contribution in [1.82, 2.24) is 9.97 Å². The predicted molar refractivity (Wildman–Crippen MR) is 78.9 cm³/mol. The van der Waals surface area contributed by atoms with Crippen LogP contribution in [-0.4, -0.2) is 15.9 Å². The lowest BCUT2D eigenvalue weighted by Crippen LogP contribution is -2.15. The standard InChI is InChI=1S/C16H10F3N3O/c17-16(18,19)10-4-3-5-11(8-10)21-15(23)14-9-20-12-6-1-2-7-13(12)22-14/h1-9H,(H,21,23). The molecule has 0 radical (unpaired) electrons. The van der Waals surface area contributed by atoms with Crippen LogP contribution < -0.4 is 5.32 Å². The predicted octanol–water partition coefficient (Wildman–Crippen LogP) is 3.90. The van der Waals surface area contributed by atoms with Gasteiger partial charge in [-0.25, -0.2) is 4.98 Å². The van der Waals surface area contributed by atoms with Crippen LogP contribution in [0.2, 0.25) is 0 Å². The van der Waals surface area contributed by atoms with Crippen LogP contribution in [0, 0.1) is 0 Å². The number of carbonyl (C=O) groups excluding carboxylic acids is 1. The third-order valence-corrected chi connectivity index (χ3v) is 3.13. The Morgan fingerprint density at radius 1 is 1.00 bits per heavy atom. The summed E-state index contributed by atoms with van der Waals surface area (Å²) < 4.78 is 38.0. The summed E-state index contributed by atoms with van der Waals surface area (Å²) in [7, 11) is 0. The maximum Gasteiger partial charge on any atom is 0.416 e. The lowest BCUT2D eigenvalue weighted by atomic mass is 10.2. The number of hydrogen-bond donors (Lipinski definition) is 1. The fourth-order valence-corrected chi connectivity index (χ4v) is 2.04. The van der Waals surface area contributed by atoms with Crippen molar-refractivity contribution in [2.45, 2.75) is 6.18 Å². The summed E-state index contributed by atoms with van der Waals surface area (Å²) >= 11 is 0. The molecule has 0 spiro atoms. The van der Waals surface area contributed by atoms with E-state index in [2.05, 4.69) is 15.3 Å². The zero-order valence-corrected chi connectivity index (χ0v) is 11.6. The molecule has 3 aromatic rings. The Morgan fingerprint density at radius 2 is 1.74 bits per heavy atom. The monoisotopic (exact) mass is 317 g/mol. The van der Waals surface area contributed by atoms with Crippen LogP contribution in [0.15, 0.2) is 54.7 Å². The highest BCUT2D eigenvalue weighted by atomic mass is 19.4. The average Bonchev–Trinajstić information content (AvgIpc) is 2.54. The molecule has 4 nitrogen and oxygen atoms in total. The fraction of sp³-hybridized carbons (Fsp3) is 0.0625. The molecule has 1 aromatic heterocycles.